The molecule has 0 aliphatic heterocycles. The predicted molar refractivity (Wildman–Crippen MR) is 108 cm³/mol. The van der Waals surface area contributed by atoms with Crippen molar-refractivity contribution in [3.8, 4) is 5.75 Å². The van der Waals surface area contributed by atoms with Crippen LogP contribution in [0.4, 0.5) is 5.69 Å². The average Bonchev–Trinajstić information content (AvgIpc) is 2.69. The maximum atomic E-state index is 12.3. The number of hydrogen-bond donors (Lipinski definition) is 1. The van der Waals surface area contributed by atoms with Crippen LogP contribution >= 0.6 is 11.8 Å². The lowest BCUT2D eigenvalue weighted by atomic mass is 10.2. The minimum atomic E-state index is -0.175. The van der Waals surface area contributed by atoms with Crippen molar-refractivity contribution in [1.29, 1.82) is 0 Å². The second-order valence-corrected chi connectivity index (χ2v) is 7.28. The highest BCUT2D eigenvalue weighted by molar-refractivity contribution is 8.00. The van der Waals surface area contributed by atoms with E-state index in [0.717, 1.165) is 21.9 Å². The summed E-state index contributed by atoms with van der Waals surface area (Å²) < 4.78 is 5.76. The zero-order chi connectivity index (χ0) is 18.2. The summed E-state index contributed by atoms with van der Waals surface area (Å²) in [6.45, 7) is 2.43. The van der Waals surface area contributed by atoms with Crippen molar-refractivity contribution >= 4 is 23.4 Å². The summed E-state index contributed by atoms with van der Waals surface area (Å²) >= 11 is 1.54. The van der Waals surface area contributed by atoms with Gasteiger partial charge in [0.25, 0.3) is 0 Å². The SMILES string of the molecule is C[C@@H](Sc1ccccc1)C(=O)Nc1ccc(OCc2ccccc2)cc1. The van der Waals surface area contributed by atoms with Crippen LogP contribution in [-0.4, -0.2) is 11.2 Å². The highest BCUT2D eigenvalue weighted by Gasteiger charge is 2.14. The van der Waals surface area contributed by atoms with Crippen LogP contribution in [0.2, 0.25) is 0 Å². The van der Waals surface area contributed by atoms with Gasteiger partial charge in [0, 0.05) is 10.6 Å². The van der Waals surface area contributed by atoms with Crippen molar-refractivity contribution in [3.05, 3.63) is 90.5 Å². The lowest BCUT2D eigenvalue weighted by molar-refractivity contribution is -0.115. The molecular weight excluding hydrogens is 342 g/mol. The molecule has 3 aromatic carbocycles. The second kappa shape index (κ2) is 9.11. The van der Waals surface area contributed by atoms with E-state index in [0.29, 0.717) is 6.61 Å². The van der Waals surface area contributed by atoms with Crippen molar-refractivity contribution in [3.63, 3.8) is 0 Å². The number of hydrogen-bond acceptors (Lipinski definition) is 3. The number of nitrogens with one attached hydrogen (secondary N) is 1. The molecule has 0 saturated carbocycles. The van der Waals surface area contributed by atoms with Crippen LogP contribution in [0.5, 0.6) is 5.75 Å². The molecule has 26 heavy (non-hydrogen) atoms. The minimum absolute atomic E-state index is 0.0168. The van der Waals surface area contributed by atoms with E-state index in [1.54, 1.807) is 11.8 Å². The third kappa shape index (κ3) is 5.39. The summed E-state index contributed by atoms with van der Waals surface area (Å²) in [5.41, 5.74) is 1.89. The Morgan fingerprint density at radius 1 is 0.923 bits per heavy atom. The second-order valence-electron chi connectivity index (χ2n) is 5.86. The van der Waals surface area contributed by atoms with E-state index in [2.05, 4.69) is 5.32 Å². The third-order valence-corrected chi connectivity index (χ3v) is 4.91. The lowest BCUT2D eigenvalue weighted by Gasteiger charge is -2.12. The van der Waals surface area contributed by atoms with E-state index >= 15 is 0 Å². The first-order valence-electron chi connectivity index (χ1n) is 8.50. The van der Waals surface area contributed by atoms with E-state index in [4.69, 9.17) is 4.74 Å². The monoisotopic (exact) mass is 363 g/mol. The van der Waals surface area contributed by atoms with Gasteiger partial charge in [-0.15, -0.1) is 11.8 Å². The predicted octanol–water partition coefficient (Wildman–Crippen LogP) is 5.38. The molecular formula is C22H21NO2S. The standard InChI is InChI=1S/C22H21NO2S/c1-17(26-21-10-6-3-7-11-21)22(24)23-19-12-14-20(15-13-19)25-16-18-8-4-2-5-9-18/h2-15,17H,16H2,1H3,(H,23,24)/t17-/m1/s1. The molecule has 1 N–H and O–H groups in total. The van der Waals surface area contributed by atoms with E-state index in [9.17, 15) is 4.79 Å². The Labute approximate surface area is 158 Å². The summed E-state index contributed by atoms with van der Waals surface area (Å²) in [6.07, 6.45) is 0. The fraction of sp³-hybridized carbons (Fsp3) is 0.136. The molecule has 132 valence electrons. The van der Waals surface area contributed by atoms with Gasteiger partial charge in [0.15, 0.2) is 0 Å². The molecule has 3 aromatic rings. The zero-order valence-electron chi connectivity index (χ0n) is 14.6. The number of rotatable bonds is 7. The Balaban J connectivity index is 1.51. The fourth-order valence-electron chi connectivity index (χ4n) is 2.38. The van der Waals surface area contributed by atoms with Crippen LogP contribution in [0.15, 0.2) is 89.8 Å². The van der Waals surface area contributed by atoms with Gasteiger partial charge in [-0.25, -0.2) is 0 Å². The summed E-state index contributed by atoms with van der Waals surface area (Å²) in [4.78, 5) is 13.4. The lowest BCUT2D eigenvalue weighted by Crippen LogP contribution is -2.22. The number of thioether (sulfide) groups is 1. The van der Waals surface area contributed by atoms with E-state index < -0.39 is 0 Å². The molecule has 0 saturated heterocycles. The first-order valence-corrected chi connectivity index (χ1v) is 9.38. The highest BCUT2D eigenvalue weighted by atomic mass is 32.2. The molecule has 4 heteroatoms. The molecule has 1 atom stereocenters. The van der Waals surface area contributed by atoms with Crippen LogP contribution in [0.25, 0.3) is 0 Å². The fourth-order valence-corrected chi connectivity index (χ4v) is 3.26. The topological polar surface area (TPSA) is 38.3 Å². The van der Waals surface area contributed by atoms with Crippen molar-refractivity contribution < 1.29 is 9.53 Å². The average molecular weight is 363 g/mol. The number of carbonyl (C=O) groups excluding carboxylic acids is 1. The van der Waals surface area contributed by atoms with Crippen LogP contribution in [0.3, 0.4) is 0 Å². The molecule has 0 unspecified atom stereocenters. The maximum Gasteiger partial charge on any atom is 0.237 e. The Kier molecular flexibility index (Phi) is 6.34. The van der Waals surface area contributed by atoms with Gasteiger partial charge in [0.2, 0.25) is 5.91 Å². The smallest absolute Gasteiger partial charge is 0.237 e. The van der Waals surface area contributed by atoms with Gasteiger partial charge < -0.3 is 10.1 Å². The van der Waals surface area contributed by atoms with Gasteiger partial charge in [0.05, 0.1) is 5.25 Å². The zero-order valence-corrected chi connectivity index (χ0v) is 15.4. The molecule has 0 spiro atoms. The number of amides is 1. The Morgan fingerprint density at radius 3 is 2.19 bits per heavy atom. The van der Waals surface area contributed by atoms with Gasteiger partial charge in [-0.3, -0.25) is 4.79 Å². The van der Waals surface area contributed by atoms with Gasteiger partial charge >= 0.3 is 0 Å². The van der Waals surface area contributed by atoms with Crippen molar-refractivity contribution in [1.82, 2.24) is 0 Å². The van der Waals surface area contributed by atoms with Crippen LogP contribution in [-0.2, 0) is 11.4 Å². The summed E-state index contributed by atoms with van der Waals surface area (Å²) in [5.74, 6) is 0.760. The molecule has 0 aromatic heterocycles. The van der Waals surface area contributed by atoms with Gasteiger partial charge in [0.1, 0.15) is 12.4 Å². The number of benzene rings is 3. The number of ether oxygens (including phenoxy) is 1. The summed E-state index contributed by atoms with van der Waals surface area (Å²) in [6, 6.07) is 27.4. The van der Waals surface area contributed by atoms with E-state index in [-0.39, 0.29) is 11.2 Å². The highest BCUT2D eigenvalue weighted by Crippen LogP contribution is 2.24. The van der Waals surface area contributed by atoms with Crippen molar-refractivity contribution in [2.75, 3.05) is 5.32 Å². The Morgan fingerprint density at radius 2 is 1.54 bits per heavy atom. The molecule has 3 rings (SSSR count). The third-order valence-electron chi connectivity index (χ3n) is 3.80. The Hall–Kier alpha value is -2.72. The molecule has 0 bridgehead atoms. The van der Waals surface area contributed by atoms with Gasteiger partial charge in [-0.05, 0) is 48.9 Å². The Bertz CT molecular complexity index is 820. The molecule has 0 radical (unpaired) electrons. The summed E-state index contributed by atoms with van der Waals surface area (Å²) in [7, 11) is 0. The number of anilines is 1. The molecule has 0 fully saturated rings. The normalized spacial score (nSPS) is 11.6. The van der Waals surface area contributed by atoms with Crippen molar-refractivity contribution in [2.24, 2.45) is 0 Å². The molecule has 0 aliphatic carbocycles. The van der Waals surface area contributed by atoms with Crippen LogP contribution in [0.1, 0.15) is 12.5 Å². The molecule has 0 aliphatic rings. The van der Waals surface area contributed by atoms with E-state index in [1.165, 1.54) is 0 Å². The maximum absolute atomic E-state index is 12.3. The molecule has 1 amide bonds. The van der Waals surface area contributed by atoms with Gasteiger partial charge in [-0.2, -0.15) is 0 Å². The molecule has 3 nitrogen and oxygen atoms in total. The minimum Gasteiger partial charge on any atom is -0.489 e. The summed E-state index contributed by atoms with van der Waals surface area (Å²) in [5, 5.41) is 2.77. The largest absolute Gasteiger partial charge is 0.489 e. The molecule has 0 heterocycles. The van der Waals surface area contributed by atoms with E-state index in [1.807, 2.05) is 91.9 Å². The number of carbonyl (C=O) groups is 1. The van der Waals surface area contributed by atoms with Crippen molar-refractivity contribution in [2.45, 2.75) is 23.7 Å². The first-order chi connectivity index (χ1) is 12.7. The first kappa shape index (κ1) is 18.1. The van der Waals surface area contributed by atoms with Crippen LogP contribution in [0, 0.1) is 0 Å². The van der Waals surface area contributed by atoms with Crippen LogP contribution < -0.4 is 10.1 Å². The van der Waals surface area contributed by atoms with Gasteiger partial charge in [-0.1, -0.05) is 48.5 Å². The quantitative estimate of drug-likeness (QED) is 0.572.